The van der Waals surface area contributed by atoms with Crippen LogP contribution in [0.3, 0.4) is 0 Å². The summed E-state index contributed by atoms with van der Waals surface area (Å²) < 4.78 is 0. The largest absolute Gasteiger partial charge is 0.299 e. The Morgan fingerprint density at radius 1 is 1.15 bits per heavy atom. The summed E-state index contributed by atoms with van der Waals surface area (Å²) in [4.78, 5) is 2.54. The highest BCUT2D eigenvalue weighted by atomic mass is 15.1. The molecule has 0 radical (unpaired) electrons. The fraction of sp³-hybridized carbons (Fsp3) is 0.500. The van der Waals surface area contributed by atoms with Crippen LogP contribution in [-0.4, -0.2) is 18.0 Å². The first-order chi connectivity index (χ1) is 6.36. The lowest BCUT2D eigenvalue weighted by molar-refractivity contribution is 0.331. The van der Waals surface area contributed by atoms with E-state index in [1.54, 1.807) is 0 Å². The highest BCUT2D eigenvalue weighted by molar-refractivity contribution is 5.25. The molecule has 0 spiro atoms. The van der Waals surface area contributed by atoms with Crippen molar-refractivity contribution in [2.45, 2.75) is 26.3 Å². The number of hydrogen-bond donors (Lipinski definition) is 0. The molecule has 0 bridgehead atoms. The quantitative estimate of drug-likeness (QED) is 0.668. The Hall–Kier alpha value is -0.820. The fourth-order valence-corrected chi connectivity index (χ4v) is 1.97. The smallest absolute Gasteiger partial charge is 0.0236 e. The molecule has 1 aliphatic heterocycles. The van der Waals surface area contributed by atoms with Crippen LogP contribution in [0, 0.1) is 6.92 Å². The molecule has 1 heteroatoms. The lowest BCUT2D eigenvalue weighted by atomic mass is 10.1. The first-order valence-electron chi connectivity index (χ1n) is 5.13. The van der Waals surface area contributed by atoms with E-state index >= 15 is 0 Å². The maximum Gasteiger partial charge on any atom is 0.0236 e. The van der Waals surface area contributed by atoms with Gasteiger partial charge in [-0.3, -0.25) is 4.90 Å². The normalized spacial score (nSPS) is 17.9. The van der Waals surface area contributed by atoms with Crippen LogP contribution in [0.25, 0.3) is 0 Å². The van der Waals surface area contributed by atoms with Crippen molar-refractivity contribution in [1.29, 1.82) is 0 Å². The second kappa shape index (κ2) is 3.93. The highest BCUT2D eigenvalue weighted by Gasteiger charge is 2.11. The van der Waals surface area contributed by atoms with Crippen molar-refractivity contribution in [3.63, 3.8) is 0 Å². The van der Waals surface area contributed by atoms with E-state index in [0.29, 0.717) is 0 Å². The third-order valence-electron chi connectivity index (χ3n) is 2.85. The Bertz CT molecular complexity index is 274. The Labute approximate surface area is 80.4 Å². The second-order valence-corrected chi connectivity index (χ2v) is 3.91. The average molecular weight is 175 g/mol. The topological polar surface area (TPSA) is 3.24 Å². The number of likely N-dealkylation sites (tertiary alicyclic amines) is 1. The van der Waals surface area contributed by atoms with Crippen molar-refractivity contribution in [1.82, 2.24) is 4.90 Å². The van der Waals surface area contributed by atoms with Gasteiger partial charge < -0.3 is 0 Å². The average Bonchev–Trinajstić information content (AvgIpc) is 2.61. The van der Waals surface area contributed by atoms with Gasteiger partial charge in [-0.25, -0.2) is 0 Å². The van der Waals surface area contributed by atoms with Crippen LogP contribution in [0.2, 0.25) is 0 Å². The first-order valence-corrected chi connectivity index (χ1v) is 5.13. The van der Waals surface area contributed by atoms with Crippen LogP contribution in [-0.2, 0) is 6.54 Å². The van der Waals surface area contributed by atoms with E-state index < -0.39 is 0 Å². The van der Waals surface area contributed by atoms with Gasteiger partial charge in [-0.2, -0.15) is 0 Å². The van der Waals surface area contributed by atoms with E-state index in [1.165, 1.54) is 37.1 Å². The predicted octanol–water partition coefficient (Wildman–Crippen LogP) is 2.59. The number of rotatable bonds is 2. The molecule has 0 N–H and O–H groups in total. The molecule has 0 unspecified atom stereocenters. The molecule has 1 aromatic rings. The summed E-state index contributed by atoms with van der Waals surface area (Å²) >= 11 is 0. The Balaban J connectivity index is 2.04. The molecule has 1 heterocycles. The second-order valence-electron chi connectivity index (χ2n) is 3.91. The van der Waals surface area contributed by atoms with E-state index in [1.807, 2.05) is 0 Å². The molecule has 1 nitrogen and oxygen atoms in total. The molecule has 0 amide bonds. The molecule has 0 saturated carbocycles. The van der Waals surface area contributed by atoms with E-state index in [9.17, 15) is 0 Å². The molecule has 0 aromatic heterocycles. The minimum absolute atomic E-state index is 1.15. The molecule has 1 fully saturated rings. The summed E-state index contributed by atoms with van der Waals surface area (Å²) in [5.74, 6) is 0. The maximum atomic E-state index is 2.54. The van der Waals surface area contributed by atoms with E-state index in [0.717, 1.165) is 6.54 Å². The van der Waals surface area contributed by atoms with E-state index in [2.05, 4.69) is 36.1 Å². The molecule has 1 saturated heterocycles. The number of nitrogens with zero attached hydrogens (tertiary/aromatic N) is 1. The molecular formula is C12H17N. The third-order valence-corrected chi connectivity index (χ3v) is 2.85. The van der Waals surface area contributed by atoms with Crippen molar-refractivity contribution in [2.75, 3.05) is 13.1 Å². The zero-order chi connectivity index (χ0) is 9.10. The van der Waals surface area contributed by atoms with Gasteiger partial charge in [-0.05, 0) is 44.0 Å². The van der Waals surface area contributed by atoms with E-state index in [-0.39, 0.29) is 0 Å². The summed E-state index contributed by atoms with van der Waals surface area (Å²) in [7, 11) is 0. The Kier molecular flexibility index (Phi) is 2.65. The molecule has 13 heavy (non-hydrogen) atoms. The van der Waals surface area contributed by atoms with Gasteiger partial charge in [0.1, 0.15) is 0 Å². The van der Waals surface area contributed by atoms with Crippen LogP contribution in [0.15, 0.2) is 24.3 Å². The summed E-state index contributed by atoms with van der Waals surface area (Å²) in [5.41, 5.74) is 2.92. The fourth-order valence-electron chi connectivity index (χ4n) is 1.97. The maximum absolute atomic E-state index is 2.54. The zero-order valence-corrected chi connectivity index (χ0v) is 8.29. The molecule has 1 aliphatic rings. The molecular weight excluding hydrogens is 158 g/mol. The summed E-state index contributed by atoms with van der Waals surface area (Å²) in [5, 5.41) is 0. The minimum Gasteiger partial charge on any atom is -0.299 e. The SMILES string of the molecule is Cc1ccccc1CN1CCCC1. The number of aryl methyl sites for hydroxylation is 1. The first kappa shape index (κ1) is 8.76. The highest BCUT2D eigenvalue weighted by Crippen LogP contribution is 2.14. The van der Waals surface area contributed by atoms with Crippen molar-refractivity contribution >= 4 is 0 Å². The monoisotopic (exact) mass is 175 g/mol. The van der Waals surface area contributed by atoms with Gasteiger partial charge in [0, 0.05) is 6.54 Å². The molecule has 1 aromatic carbocycles. The lowest BCUT2D eigenvalue weighted by Gasteiger charge is -2.15. The Morgan fingerprint density at radius 2 is 1.85 bits per heavy atom. The standard InChI is InChI=1S/C12H17N/c1-11-6-2-3-7-12(11)10-13-8-4-5-9-13/h2-3,6-7H,4-5,8-10H2,1H3. The van der Waals surface area contributed by atoms with Crippen molar-refractivity contribution < 1.29 is 0 Å². The number of hydrogen-bond acceptors (Lipinski definition) is 1. The lowest BCUT2D eigenvalue weighted by Crippen LogP contribution is -2.18. The van der Waals surface area contributed by atoms with Gasteiger partial charge in [0.2, 0.25) is 0 Å². The molecule has 0 atom stereocenters. The van der Waals surface area contributed by atoms with Crippen LogP contribution in [0.5, 0.6) is 0 Å². The predicted molar refractivity (Wildman–Crippen MR) is 55.7 cm³/mol. The van der Waals surface area contributed by atoms with Crippen LogP contribution in [0.1, 0.15) is 24.0 Å². The van der Waals surface area contributed by atoms with Gasteiger partial charge in [0.15, 0.2) is 0 Å². The van der Waals surface area contributed by atoms with Gasteiger partial charge in [0.05, 0.1) is 0 Å². The van der Waals surface area contributed by atoms with Gasteiger partial charge in [0.25, 0.3) is 0 Å². The summed E-state index contributed by atoms with van der Waals surface area (Å²) in [6.45, 7) is 5.92. The molecule has 70 valence electrons. The zero-order valence-electron chi connectivity index (χ0n) is 8.29. The van der Waals surface area contributed by atoms with Crippen molar-refractivity contribution in [3.8, 4) is 0 Å². The van der Waals surface area contributed by atoms with Gasteiger partial charge in [-0.1, -0.05) is 24.3 Å². The van der Waals surface area contributed by atoms with Gasteiger partial charge in [-0.15, -0.1) is 0 Å². The van der Waals surface area contributed by atoms with Crippen molar-refractivity contribution in [2.24, 2.45) is 0 Å². The van der Waals surface area contributed by atoms with Gasteiger partial charge >= 0.3 is 0 Å². The van der Waals surface area contributed by atoms with Crippen LogP contribution in [0.4, 0.5) is 0 Å². The Morgan fingerprint density at radius 3 is 2.54 bits per heavy atom. The van der Waals surface area contributed by atoms with Crippen LogP contribution < -0.4 is 0 Å². The number of benzene rings is 1. The molecule has 0 aliphatic carbocycles. The van der Waals surface area contributed by atoms with Crippen LogP contribution >= 0.6 is 0 Å². The van der Waals surface area contributed by atoms with E-state index in [4.69, 9.17) is 0 Å². The van der Waals surface area contributed by atoms with Crippen molar-refractivity contribution in [3.05, 3.63) is 35.4 Å². The summed E-state index contributed by atoms with van der Waals surface area (Å²) in [6, 6.07) is 8.69. The molecule has 2 rings (SSSR count). The third kappa shape index (κ3) is 2.10. The summed E-state index contributed by atoms with van der Waals surface area (Å²) in [6.07, 6.45) is 2.76. The minimum atomic E-state index is 1.15.